The lowest BCUT2D eigenvalue weighted by Crippen LogP contribution is -2.00. The summed E-state index contributed by atoms with van der Waals surface area (Å²) in [6.07, 6.45) is 3.62. The summed E-state index contributed by atoms with van der Waals surface area (Å²) in [5.41, 5.74) is 10.4. The molecule has 0 amide bonds. The highest BCUT2D eigenvalue weighted by atomic mass is 35.5. The van der Waals surface area contributed by atoms with Crippen molar-refractivity contribution in [3.63, 3.8) is 0 Å². The van der Waals surface area contributed by atoms with Gasteiger partial charge in [-0.15, -0.1) is 23.7 Å². The minimum absolute atomic E-state index is 0. The highest BCUT2D eigenvalue weighted by Gasteiger charge is 2.21. The number of fused-ring (bicyclic) bond motifs is 1. The van der Waals surface area contributed by atoms with Crippen LogP contribution in [0.2, 0.25) is 0 Å². The third kappa shape index (κ3) is 2.44. The Hall–Kier alpha value is -2.45. The van der Waals surface area contributed by atoms with Crippen molar-refractivity contribution in [1.29, 1.82) is 0 Å². The van der Waals surface area contributed by atoms with Gasteiger partial charge in [0.25, 0.3) is 0 Å². The molecule has 2 N–H and O–H groups in total. The molecular weight excluding hydrogens is 348 g/mol. The fourth-order valence-electron chi connectivity index (χ4n) is 2.68. The van der Waals surface area contributed by atoms with E-state index in [1.165, 1.54) is 5.56 Å². The zero-order valence-electron chi connectivity index (χ0n) is 13.1. The largest absolute Gasteiger partial charge is 0.379 e. The van der Waals surface area contributed by atoms with E-state index in [0.717, 1.165) is 28.0 Å². The van der Waals surface area contributed by atoms with Gasteiger partial charge in [-0.05, 0) is 41.2 Å². The topological polar surface area (TPSA) is 95.7 Å². The summed E-state index contributed by atoms with van der Waals surface area (Å²) < 4.78 is 6.79. The Morgan fingerprint density at radius 2 is 2.12 bits per heavy atom. The lowest BCUT2D eigenvalue weighted by molar-refractivity contribution is 0.310. The summed E-state index contributed by atoms with van der Waals surface area (Å²) in [7, 11) is 0. The first-order chi connectivity index (χ1) is 11.2. The number of nitrogen functional groups attached to an aromatic ring is 1. The van der Waals surface area contributed by atoms with E-state index >= 15 is 0 Å². The summed E-state index contributed by atoms with van der Waals surface area (Å²) in [6, 6.07) is 2.15. The molecule has 124 valence electrons. The van der Waals surface area contributed by atoms with Gasteiger partial charge in [0.2, 0.25) is 0 Å². The van der Waals surface area contributed by atoms with Crippen LogP contribution in [0.4, 0.5) is 5.82 Å². The van der Waals surface area contributed by atoms with Crippen molar-refractivity contribution in [3.8, 4) is 22.0 Å². The van der Waals surface area contributed by atoms with Crippen LogP contribution in [0.15, 0.2) is 28.5 Å². The summed E-state index contributed by atoms with van der Waals surface area (Å²) in [5.74, 6) is 0.875. The summed E-state index contributed by atoms with van der Waals surface area (Å²) in [6.45, 7) is 4.86. The van der Waals surface area contributed by atoms with Crippen molar-refractivity contribution in [2.75, 3.05) is 5.73 Å². The first-order valence-electron chi connectivity index (χ1n) is 7.17. The van der Waals surface area contributed by atoms with Crippen LogP contribution >= 0.6 is 23.7 Å². The number of halogens is 1. The van der Waals surface area contributed by atoms with Crippen LogP contribution in [0.25, 0.3) is 33.0 Å². The molecule has 4 aromatic rings. The van der Waals surface area contributed by atoms with Crippen molar-refractivity contribution >= 4 is 40.6 Å². The molecule has 9 heteroatoms. The van der Waals surface area contributed by atoms with Gasteiger partial charge >= 0.3 is 0 Å². The van der Waals surface area contributed by atoms with E-state index in [4.69, 9.17) is 10.4 Å². The molecule has 0 aliphatic carbocycles. The molecule has 0 aromatic carbocycles. The Bertz CT molecular complexity index is 1000. The highest BCUT2D eigenvalue weighted by Crippen LogP contribution is 2.35. The SMILES string of the molecule is CCn1c(-c2nonc2N)nc2cncc(-c3cc(C)cs3)c21.Cl. The van der Waals surface area contributed by atoms with Gasteiger partial charge in [-0.2, -0.15) is 0 Å². The van der Waals surface area contributed by atoms with E-state index in [1.54, 1.807) is 17.5 Å². The Balaban J connectivity index is 0.00000169. The molecule has 0 saturated carbocycles. The first kappa shape index (κ1) is 16.4. The molecule has 0 bridgehead atoms. The zero-order valence-corrected chi connectivity index (χ0v) is 14.7. The molecule has 0 spiro atoms. The van der Waals surface area contributed by atoms with Crippen molar-refractivity contribution in [1.82, 2.24) is 24.8 Å². The number of anilines is 1. The quantitative estimate of drug-likeness (QED) is 0.598. The van der Waals surface area contributed by atoms with E-state index in [1.807, 2.05) is 6.20 Å². The lowest BCUT2D eigenvalue weighted by Gasteiger charge is -2.07. The fourth-order valence-corrected chi connectivity index (χ4v) is 3.59. The lowest BCUT2D eigenvalue weighted by atomic mass is 10.2. The second-order valence-corrected chi connectivity index (χ2v) is 6.13. The van der Waals surface area contributed by atoms with E-state index in [2.05, 4.69) is 50.1 Å². The molecule has 0 aliphatic heterocycles. The second kappa shape index (κ2) is 6.21. The molecule has 0 atom stereocenters. The minimum Gasteiger partial charge on any atom is -0.379 e. The molecule has 4 heterocycles. The van der Waals surface area contributed by atoms with Crippen molar-refractivity contribution in [2.24, 2.45) is 0 Å². The van der Waals surface area contributed by atoms with Crippen molar-refractivity contribution in [3.05, 3.63) is 29.4 Å². The smallest absolute Gasteiger partial charge is 0.199 e. The average Bonchev–Trinajstić information content (AvgIpc) is 3.24. The Morgan fingerprint density at radius 3 is 2.75 bits per heavy atom. The third-order valence-electron chi connectivity index (χ3n) is 3.69. The van der Waals surface area contributed by atoms with Gasteiger partial charge in [-0.3, -0.25) is 4.98 Å². The highest BCUT2D eigenvalue weighted by molar-refractivity contribution is 7.13. The average molecular weight is 363 g/mol. The van der Waals surface area contributed by atoms with Gasteiger partial charge in [0.15, 0.2) is 17.3 Å². The molecule has 0 unspecified atom stereocenters. The normalized spacial score (nSPS) is 10.9. The minimum atomic E-state index is 0. The molecule has 0 saturated heterocycles. The standard InChI is InChI=1S/C15H14N6OS.ClH/c1-3-21-13-9(11-4-8(2)7-23-11)5-17-6-10(13)18-15(21)12-14(16)20-22-19-12;/h4-7H,3H2,1-2H3,(H2,16,20);1H. The van der Waals surface area contributed by atoms with Crippen molar-refractivity contribution in [2.45, 2.75) is 20.4 Å². The van der Waals surface area contributed by atoms with E-state index in [9.17, 15) is 0 Å². The molecule has 0 radical (unpaired) electrons. The van der Waals surface area contributed by atoms with Crippen LogP contribution < -0.4 is 5.73 Å². The number of imidazole rings is 1. The van der Waals surface area contributed by atoms with Gasteiger partial charge in [0.05, 0.1) is 11.7 Å². The molecule has 4 aromatic heterocycles. The number of pyridine rings is 1. The maximum absolute atomic E-state index is 5.84. The second-order valence-electron chi connectivity index (χ2n) is 5.22. The summed E-state index contributed by atoms with van der Waals surface area (Å²) in [5, 5.41) is 9.66. The molecule has 24 heavy (non-hydrogen) atoms. The Kier molecular flexibility index (Phi) is 4.25. The molecular formula is C15H15ClN6OS. The van der Waals surface area contributed by atoms with Crippen LogP contribution in [-0.4, -0.2) is 24.8 Å². The summed E-state index contributed by atoms with van der Waals surface area (Å²) >= 11 is 1.69. The van der Waals surface area contributed by atoms with Gasteiger partial charge < -0.3 is 10.3 Å². The van der Waals surface area contributed by atoms with E-state index in [0.29, 0.717) is 11.5 Å². The number of aryl methyl sites for hydroxylation is 2. The monoisotopic (exact) mass is 362 g/mol. The van der Waals surface area contributed by atoms with Gasteiger partial charge in [0.1, 0.15) is 5.52 Å². The number of rotatable bonds is 3. The van der Waals surface area contributed by atoms with Crippen molar-refractivity contribution < 1.29 is 4.63 Å². The molecule has 0 fully saturated rings. The Morgan fingerprint density at radius 1 is 1.29 bits per heavy atom. The zero-order chi connectivity index (χ0) is 16.0. The predicted molar refractivity (Wildman–Crippen MR) is 96.2 cm³/mol. The van der Waals surface area contributed by atoms with Crippen LogP contribution in [0.5, 0.6) is 0 Å². The fraction of sp³-hybridized carbons (Fsp3) is 0.200. The number of nitrogens with zero attached hydrogens (tertiary/aromatic N) is 5. The van der Waals surface area contributed by atoms with Crippen LogP contribution in [-0.2, 0) is 6.54 Å². The third-order valence-corrected chi connectivity index (χ3v) is 4.77. The van der Waals surface area contributed by atoms with E-state index < -0.39 is 0 Å². The Labute approximate surface area is 147 Å². The molecule has 0 aliphatic rings. The number of hydrogen-bond donors (Lipinski definition) is 1. The van der Waals surface area contributed by atoms with Gasteiger partial charge in [-0.25, -0.2) is 9.61 Å². The molecule has 4 rings (SSSR count). The van der Waals surface area contributed by atoms with Crippen LogP contribution in [0.1, 0.15) is 12.5 Å². The summed E-state index contributed by atoms with van der Waals surface area (Å²) in [4.78, 5) is 10.1. The van der Waals surface area contributed by atoms with Gasteiger partial charge in [-0.1, -0.05) is 0 Å². The number of thiophene rings is 1. The maximum Gasteiger partial charge on any atom is 0.199 e. The van der Waals surface area contributed by atoms with Crippen LogP contribution in [0, 0.1) is 6.92 Å². The maximum atomic E-state index is 5.84. The van der Waals surface area contributed by atoms with E-state index in [-0.39, 0.29) is 18.2 Å². The first-order valence-corrected chi connectivity index (χ1v) is 8.05. The number of nitrogens with two attached hydrogens (primary N) is 1. The predicted octanol–water partition coefficient (Wildman–Crippen LogP) is 3.54. The number of aromatic nitrogens is 5. The van der Waals surface area contributed by atoms with Gasteiger partial charge in [0, 0.05) is 23.2 Å². The number of hydrogen-bond acceptors (Lipinski definition) is 7. The molecule has 7 nitrogen and oxygen atoms in total. The van der Waals surface area contributed by atoms with Crippen LogP contribution in [0.3, 0.4) is 0 Å².